The maximum Gasteiger partial charge on any atom is 0.142 e. The molecule has 0 radical (unpaired) electrons. The van der Waals surface area contributed by atoms with Crippen LogP contribution in [0, 0.1) is 29.6 Å². The number of nitrogens with zero attached hydrogens (tertiary/aromatic N) is 2. The molecule has 0 saturated carbocycles. The fourth-order valence-corrected chi connectivity index (χ4v) is 3.84. The standard InChI is InChI=1S/C13H13N3OS/c1-7-8(5-14)12(16)11(10-3-2-4-18-10)13(17)9(7)6-15/h10,17H,2-4,16H2,1H3. The van der Waals surface area contributed by atoms with Crippen molar-refractivity contribution >= 4 is 17.4 Å². The molecular weight excluding hydrogens is 246 g/mol. The van der Waals surface area contributed by atoms with Crippen molar-refractivity contribution in [3.63, 3.8) is 0 Å². The number of hydrogen-bond donors (Lipinski definition) is 1. The molecular formula is C13H13N3OS. The van der Waals surface area contributed by atoms with Gasteiger partial charge in [-0.1, -0.05) is 5.75 Å². The van der Waals surface area contributed by atoms with Gasteiger partial charge in [-0.15, -0.1) is 0 Å². The van der Waals surface area contributed by atoms with Crippen molar-refractivity contribution in [3.05, 3.63) is 22.3 Å². The second kappa shape index (κ2) is 4.80. The SMILES string of the molecule is Cc1c(C#N)c(N)c(C2CCC[SH+]2)c([O-])c1C#N. The van der Waals surface area contributed by atoms with Gasteiger partial charge in [0.15, 0.2) is 0 Å². The van der Waals surface area contributed by atoms with Gasteiger partial charge in [0.1, 0.15) is 17.1 Å². The molecule has 1 aromatic carbocycles. The lowest BCUT2D eigenvalue weighted by Crippen LogP contribution is -2.12. The molecule has 1 heterocycles. The highest BCUT2D eigenvalue weighted by Crippen LogP contribution is 2.41. The van der Waals surface area contributed by atoms with Gasteiger partial charge in [-0.3, -0.25) is 0 Å². The zero-order chi connectivity index (χ0) is 13.3. The minimum Gasteiger partial charge on any atom is -0.871 e. The average Bonchev–Trinajstić information content (AvgIpc) is 2.83. The van der Waals surface area contributed by atoms with Gasteiger partial charge < -0.3 is 10.8 Å². The number of rotatable bonds is 1. The Morgan fingerprint density at radius 3 is 2.50 bits per heavy atom. The molecule has 1 fully saturated rings. The van der Waals surface area contributed by atoms with E-state index >= 15 is 0 Å². The van der Waals surface area contributed by atoms with E-state index in [1.165, 1.54) is 11.8 Å². The quantitative estimate of drug-likeness (QED) is 0.463. The van der Waals surface area contributed by atoms with E-state index in [4.69, 9.17) is 16.3 Å². The van der Waals surface area contributed by atoms with Gasteiger partial charge in [0, 0.05) is 17.5 Å². The van der Waals surface area contributed by atoms with Crippen LogP contribution < -0.4 is 10.8 Å². The summed E-state index contributed by atoms with van der Waals surface area (Å²) < 4.78 is 0. The zero-order valence-electron chi connectivity index (χ0n) is 10.0. The van der Waals surface area contributed by atoms with Crippen LogP contribution in [0.4, 0.5) is 5.69 Å². The first-order valence-corrected chi connectivity index (χ1v) is 6.86. The lowest BCUT2D eigenvalue weighted by molar-refractivity contribution is -0.269. The molecule has 1 unspecified atom stereocenters. The third kappa shape index (κ3) is 1.77. The van der Waals surface area contributed by atoms with E-state index < -0.39 is 0 Å². The van der Waals surface area contributed by atoms with Crippen LogP contribution in [-0.4, -0.2) is 5.75 Å². The van der Waals surface area contributed by atoms with E-state index in [0.717, 1.165) is 18.6 Å². The molecule has 1 saturated heterocycles. The summed E-state index contributed by atoms with van der Waals surface area (Å²) in [7, 11) is 0. The normalized spacial score (nSPS) is 18.3. The molecule has 5 heteroatoms. The summed E-state index contributed by atoms with van der Waals surface area (Å²) in [6.07, 6.45) is 1.96. The zero-order valence-corrected chi connectivity index (χ0v) is 10.9. The summed E-state index contributed by atoms with van der Waals surface area (Å²) in [5.41, 5.74) is 7.47. The molecule has 4 nitrogen and oxygen atoms in total. The van der Waals surface area contributed by atoms with E-state index in [2.05, 4.69) is 0 Å². The number of thiol groups is 1. The third-order valence-corrected chi connectivity index (χ3v) is 4.85. The molecule has 18 heavy (non-hydrogen) atoms. The van der Waals surface area contributed by atoms with Crippen LogP contribution in [0.15, 0.2) is 0 Å². The maximum atomic E-state index is 12.3. The Morgan fingerprint density at radius 2 is 2.00 bits per heavy atom. The van der Waals surface area contributed by atoms with Gasteiger partial charge in [-0.2, -0.15) is 10.5 Å². The topological polar surface area (TPSA) is 96.7 Å². The Labute approximate surface area is 110 Å². The monoisotopic (exact) mass is 259 g/mol. The van der Waals surface area contributed by atoms with Gasteiger partial charge in [0.2, 0.25) is 0 Å². The summed E-state index contributed by atoms with van der Waals surface area (Å²) >= 11 is 1.17. The minimum atomic E-state index is -0.286. The maximum absolute atomic E-state index is 12.3. The van der Waals surface area contributed by atoms with Gasteiger partial charge in [0.25, 0.3) is 0 Å². The first-order chi connectivity index (χ1) is 8.61. The molecule has 1 atom stereocenters. The highest BCUT2D eigenvalue weighted by atomic mass is 32.2. The summed E-state index contributed by atoms with van der Waals surface area (Å²) in [6.45, 7) is 1.60. The van der Waals surface area contributed by atoms with Gasteiger partial charge in [-0.25, -0.2) is 0 Å². The highest BCUT2D eigenvalue weighted by molar-refractivity contribution is 7.79. The van der Waals surface area contributed by atoms with Gasteiger partial charge in [-0.05, 0) is 30.7 Å². The van der Waals surface area contributed by atoms with Crippen LogP contribution in [0.3, 0.4) is 0 Å². The van der Waals surface area contributed by atoms with Crippen molar-refractivity contribution in [2.75, 3.05) is 11.5 Å². The molecule has 0 aliphatic carbocycles. The Balaban J connectivity index is 2.73. The van der Waals surface area contributed by atoms with Crippen molar-refractivity contribution in [2.45, 2.75) is 25.0 Å². The van der Waals surface area contributed by atoms with Crippen LogP contribution in [0.25, 0.3) is 0 Å². The number of nitriles is 2. The van der Waals surface area contributed by atoms with E-state index in [1.54, 1.807) is 6.92 Å². The van der Waals surface area contributed by atoms with Gasteiger partial charge >= 0.3 is 0 Å². The molecule has 0 amide bonds. The van der Waals surface area contributed by atoms with Crippen molar-refractivity contribution in [1.82, 2.24) is 0 Å². The van der Waals surface area contributed by atoms with Gasteiger partial charge in [0.05, 0.1) is 17.3 Å². The number of nitrogen functional groups attached to an aromatic ring is 1. The molecule has 2 rings (SSSR count). The predicted molar refractivity (Wildman–Crippen MR) is 70.1 cm³/mol. The molecule has 0 spiro atoms. The van der Waals surface area contributed by atoms with Crippen LogP contribution in [-0.2, 0) is 11.8 Å². The van der Waals surface area contributed by atoms with E-state index in [-0.39, 0.29) is 27.8 Å². The smallest absolute Gasteiger partial charge is 0.142 e. The van der Waals surface area contributed by atoms with Crippen molar-refractivity contribution in [1.29, 1.82) is 10.5 Å². The van der Waals surface area contributed by atoms with Crippen LogP contribution in [0.5, 0.6) is 5.75 Å². The van der Waals surface area contributed by atoms with Crippen molar-refractivity contribution < 1.29 is 5.11 Å². The summed E-state index contributed by atoms with van der Waals surface area (Å²) in [4.78, 5) is 0. The molecule has 1 aromatic rings. The molecule has 1 aliphatic heterocycles. The van der Waals surface area contributed by atoms with Crippen molar-refractivity contribution in [2.24, 2.45) is 0 Å². The Hall–Kier alpha value is -1.85. The second-order valence-electron chi connectivity index (χ2n) is 4.32. The Morgan fingerprint density at radius 1 is 1.33 bits per heavy atom. The number of anilines is 1. The summed E-state index contributed by atoms with van der Waals surface area (Å²) in [6, 6.07) is 3.92. The van der Waals surface area contributed by atoms with Crippen LogP contribution in [0.1, 0.15) is 40.3 Å². The van der Waals surface area contributed by atoms with E-state index in [9.17, 15) is 5.11 Å². The second-order valence-corrected chi connectivity index (χ2v) is 5.75. The molecule has 0 aromatic heterocycles. The molecule has 2 N–H and O–H groups in total. The Kier molecular flexibility index (Phi) is 3.36. The minimum absolute atomic E-state index is 0.0675. The summed E-state index contributed by atoms with van der Waals surface area (Å²) in [5.74, 6) is 0.757. The Bertz CT molecular complexity index is 536. The fourth-order valence-electron chi connectivity index (χ4n) is 2.36. The fraction of sp³-hybridized carbons (Fsp3) is 0.385. The molecule has 92 valence electrons. The number of hydrogen-bond acceptors (Lipinski definition) is 4. The first kappa shape index (κ1) is 12.6. The lowest BCUT2D eigenvalue weighted by atomic mass is 9.93. The number of nitrogens with two attached hydrogens (primary N) is 1. The average molecular weight is 259 g/mol. The van der Waals surface area contributed by atoms with Crippen LogP contribution >= 0.6 is 0 Å². The largest absolute Gasteiger partial charge is 0.871 e. The van der Waals surface area contributed by atoms with E-state index in [1.807, 2.05) is 12.1 Å². The number of benzene rings is 1. The first-order valence-electron chi connectivity index (χ1n) is 5.71. The predicted octanol–water partition coefficient (Wildman–Crippen LogP) is 1.04. The van der Waals surface area contributed by atoms with Crippen molar-refractivity contribution in [3.8, 4) is 17.9 Å². The lowest BCUT2D eigenvalue weighted by Gasteiger charge is -2.22. The highest BCUT2D eigenvalue weighted by Gasteiger charge is 2.30. The van der Waals surface area contributed by atoms with Crippen LogP contribution in [0.2, 0.25) is 0 Å². The molecule has 0 bridgehead atoms. The third-order valence-electron chi connectivity index (χ3n) is 3.32. The molecule has 1 aliphatic rings. The van der Waals surface area contributed by atoms with E-state index in [0.29, 0.717) is 11.1 Å². The summed E-state index contributed by atoms with van der Waals surface area (Å²) in [5, 5.41) is 30.6.